The van der Waals surface area contributed by atoms with E-state index >= 15 is 0 Å². The van der Waals surface area contributed by atoms with Crippen LogP contribution in [-0.4, -0.2) is 15.7 Å². The molecule has 17 heavy (non-hydrogen) atoms. The van der Waals surface area contributed by atoms with Crippen LogP contribution in [0.4, 0.5) is 10.2 Å². The zero-order chi connectivity index (χ0) is 12.4. The van der Waals surface area contributed by atoms with E-state index in [9.17, 15) is 9.18 Å². The zero-order valence-electron chi connectivity index (χ0n) is 9.57. The van der Waals surface area contributed by atoms with Crippen LogP contribution in [0.3, 0.4) is 0 Å². The van der Waals surface area contributed by atoms with Crippen molar-refractivity contribution in [3.8, 4) is 0 Å². The number of rotatable bonds is 2. The molecule has 0 fully saturated rings. The van der Waals surface area contributed by atoms with Crippen molar-refractivity contribution in [3.63, 3.8) is 0 Å². The van der Waals surface area contributed by atoms with Crippen molar-refractivity contribution in [2.24, 2.45) is 7.05 Å². The number of hydrogen-bond donors (Lipinski definition) is 1. The molecule has 2 rings (SSSR count). The Morgan fingerprint density at radius 1 is 1.41 bits per heavy atom. The third-order valence-electron chi connectivity index (χ3n) is 2.36. The molecule has 0 spiro atoms. The molecule has 1 amide bonds. The molecule has 0 bridgehead atoms. The topological polar surface area (TPSA) is 46.9 Å². The van der Waals surface area contributed by atoms with E-state index in [1.165, 1.54) is 16.8 Å². The highest BCUT2D eigenvalue weighted by Crippen LogP contribution is 2.12. The molecule has 1 N–H and O–H groups in total. The van der Waals surface area contributed by atoms with E-state index in [1.54, 1.807) is 25.2 Å². The highest BCUT2D eigenvalue weighted by atomic mass is 19.1. The van der Waals surface area contributed by atoms with Gasteiger partial charge in [-0.15, -0.1) is 0 Å². The number of nitrogens with one attached hydrogen (secondary N) is 1. The van der Waals surface area contributed by atoms with Crippen molar-refractivity contribution < 1.29 is 9.18 Å². The van der Waals surface area contributed by atoms with Crippen molar-refractivity contribution in [2.75, 3.05) is 5.32 Å². The molecule has 4 nitrogen and oxygen atoms in total. The Morgan fingerprint density at radius 2 is 2.12 bits per heavy atom. The van der Waals surface area contributed by atoms with Crippen LogP contribution in [0, 0.1) is 12.7 Å². The minimum Gasteiger partial charge on any atom is -0.307 e. The van der Waals surface area contributed by atoms with E-state index in [-0.39, 0.29) is 5.56 Å². The molecule has 0 aliphatic heterocycles. The summed E-state index contributed by atoms with van der Waals surface area (Å²) in [6.45, 7) is 1.82. The standard InChI is InChI=1S/C12H12FN3O/c1-8-7-11(16(2)15-8)14-12(17)9-5-3-4-6-10(9)13/h3-7H,1-2H3,(H,14,17). The first-order chi connectivity index (χ1) is 8.08. The van der Waals surface area contributed by atoms with Gasteiger partial charge in [0.2, 0.25) is 0 Å². The second kappa shape index (κ2) is 4.37. The van der Waals surface area contributed by atoms with E-state index < -0.39 is 11.7 Å². The van der Waals surface area contributed by atoms with Crippen LogP contribution in [-0.2, 0) is 7.05 Å². The van der Waals surface area contributed by atoms with Gasteiger partial charge in [0.05, 0.1) is 11.3 Å². The first-order valence-electron chi connectivity index (χ1n) is 5.14. The second-order valence-corrected chi connectivity index (χ2v) is 3.73. The van der Waals surface area contributed by atoms with Crippen molar-refractivity contribution in [1.82, 2.24) is 9.78 Å². The molecule has 0 aliphatic carbocycles. The van der Waals surface area contributed by atoms with E-state index in [0.717, 1.165) is 5.69 Å². The van der Waals surface area contributed by atoms with Gasteiger partial charge < -0.3 is 5.32 Å². The Balaban J connectivity index is 2.23. The molecule has 0 radical (unpaired) electrons. The number of halogens is 1. The van der Waals surface area contributed by atoms with Gasteiger partial charge in [-0.2, -0.15) is 5.10 Å². The first kappa shape index (κ1) is 11.3. The van der Waals surface area contributed by atoms with Crippen molar-refractivity contribution >= 4 is 11.7 Å². The Morgan fingerprint density at radius 3 is 2.71 bits per heavy atom. The van der Waals surface area contributed by atoms with Crippen LogP contribution in [0.25, 0.3) is 0 Å². The van der Waals surface area contributed by atoms with Gasteiger partial charge in [0.1, 0.15) is 11.6 Å². The second-order valence-electron chi connectivity index (χ2n) is 3.73. The molecule has 0 aliphatic rings. The number of amides is 1. The Kier molecular flexibility index (Phi) is 2.91. The lowest BCUT2D eigenvalue weighted by Gasteiger charge is -2.05. The number of aryl methyl sites for hydroxylation is 2. The molecule has 5 heteroatoms. The average molecular weight is 233 g/mol. The highest BCUT2D eigenvalue weighted by Gasteiger charge is 2.12. The summed E-state index contributed by atoms with van der Waals surface area (Å²) in [6.07, 6.45) is 0. The van der Waals surface area contributed by atoms with Gasteiger partial charge in [-0.25, -0.2) is 4.39 Å². The van der Waals surface area contributed by atoms with E-state index in [2.05, 4.69) is 10.4 Å². The summed E-state index contributed by atoms with van der Waals surface area (Å²) in [5.41, 5.74) is 0.808. The predicted molar refractivity (Wildman–Crippen MR) is 62.3 cm³/mol. The van der Waals surface area contributed by atoms with Gasteiger partial charge in [0.25, 0.3) is 5.91 Å². The third-order valence-corrected chi connectivity index (χ3v) is 2.36. The summed E-state index contributed by atoms with van der Waals surface area (Å²) in [7, 11) is 1.71. The van der Waals surface area contributed by atoms with Gasteiger partial charge in [-0.3, -0.25) is 9.48 Å². The summed E-state index contributed by atoms with van der Waals surface area (Å²) in [4.78, 5) is 11.8. The zero-order valence-corrected chi connectivity index (χ0v) is 9.57. The summed E-state index contributed by atoms with van der Waals surface area (Å²) in [5.74, 6) is -0.481. The molecule has 0 atom stereocenters. The largest absolute Gasteiger partial charge is 0.307 e. The average Bonchev–Trinajstić information content (AvgIpc) is 2.58. The number of anilines is 1. The lowest BCUT2D eigenvalue weighted by atomic mass is 10.2. The number of aromatic nitrogens is 2. The molecule has 0 saturated carbocycles. The minimum atomic E-state index is -0.538. The Hall–Kier alpha value is -2.17. The summed E-state index contributed by atoms with van der Waals surface area (Å²) >= 11 is 0. The van der Waals surface area contributed by atoms with Crippen molar-refractivity contribution in [1.29, 1.82) is 0 Å². The quantitative estimate of drug-likeness (QED) is 0.863. The molecule has 2 aromatic rings. The van der Waals surface area contributed by atoms with Crippen LogP contribution in [0.1, 0.15) is 16.1 Å². The fourth-order valence-electron chi connectivity index (χ4n) is 1.56. The highest BCUT2D eigenvalue weighted by molar-refractivity contribution is 6.04. The molecule has 0 unspecified atom stereocenters. The summed E-state index contributed by atoms with van der Waals surface area (Å²) in [5, 5.41) is 6.70. The predicted octanol–water partition coefficient (Wildman–Crippen LogP) is 2.12. The molecule has 1 heterocycles. The maximum Gasteiger partial charge on any atom is 0.259 e. The number of benzene rings is 1. The molecule has 1 aromatic carbocycles. The molecular formula is C12H12FN3O. The fourth-order valence-corrected chi connectivity index (χ4v) is 1.56. The van der Waals surface area contributed by atoms with Gasteiger partial charge in [0, 0.05) is 13.1 Å². The molecular weight excluding hydrogens is 221 g/mol. The Labute approximate surface area is 98.1 Å². The fraction of sp³-hybridized carbons (Fsp3) is 0.167. The van der Waals surface area contributed by atoms with E-state index in [4.69, 9.17) is 0 Å². The first-order valence-corrected chi connectivity index (χ1v) is 5.14. The summed E-state index contributed by atoms with van der Waals surface area (Å²) in [6, 6.07) is 7.57. The Bertz CT molecular complexity index is 563. The van der Waals surface area contributed by atoms with E-state index in [0.29, 0.717) is 5.82 Å². The van der Waals surface area contributed by atoms with Gasteiger partial charge >= 0.3 is 0 Å². The third kappa shape index (κ3) is 2.33. The monoisotopic (exact) mass is 233 g/mol. The smallest absolute Gasteiger partial charge is 0.259 e. The van der Waals surface area contributed by atoms with Crippen LogP contribution in [0.2, 0.25) is 0 Å². The molecule has 1 aromatic heterocycles. The number of carbonyl (C=O) groups excluding carboxylic acids is 1. The van der Waals surface area contributed by atoms with Crippen LogP contribution >= 0.6 is 0 Å². The maximum atomic E-state index is 13.4. The van der Waals surface area contributed by atoms with Crippen LogP contribution < -0.4 is 5.32 Å². The van der Waals surface area contributed by atoms with Gasteiger partial charge in [-0.05, 0) is 19.1 Å². The minimum absolute atomic E-state index is 0.0198. The maximum absolute atomic E-state index is 13.4. The summed E-state index contributed by atoms with van der Waals surface area (Å²) < 4.78 is 14.9. The van der Waals surface area contributed by atoms with Crippen molar-refractivity contribution in [2.45, 2.75) is 6.92 Å². The normalized spacial score (nSPS) is 10.3. The van der Waals surface area contributed by atoms with Crippen molar-refractivity contribution in [3.05, 3.63) is 47.4 Å². The van der Waals surface area contributed by atoms with Gasteiger partial charge in [0.15, 0.2) is 0 Å². The van der Waals surface area contributed by atoms with E-state index in [1.807, 2.05) is 6.92 Å². The molecule has 0 saturated heterocycles. The molecule has 88 valence electrons. The number of nitrogens with zero attached hydrogens (tertiary/aromatic N) is 2. The lowest BCUT2D eigenvalue weighted by Crippen LogP contribution is -2.15. The number of carbonyl (C=O) groups is 1. The SMILES string of the molecule is Cc1cc(NC(=O)c2ccccc2F)n(C)n1. The van der Waals surface area contributed by atoms with Gasteiger partial charge in [-0.1, -0.05) is 12.1 Å². The van der Waals surface area contributed by atoms with Crippen LogP contribution in [0.15, 0.2) is 30.3 Å². The number of hydrogen-bond acceptors (Lipinski definition) is 2. The lowest BCUT2D eigenvalue weighted by molar-refractivity contribution is 0.102. The van der Waals surface area contributed by atoms with Crippen LogP contribution in [0.5, 0.6) is 0 Å².